The maximum atomic E-state index is 12.1. The number of nitrogens with one attached hydrogen (secondary N) is 1. The fourth-order valence-corrected chi connectivity index (χ4v) is 3.49. The number of amides is 1. The van der Waals surface area contributed by atoms with E-state index in [0.29, 0.717) is 30.3 Å². The zero-order chi connectivity index (χ0) is 20.6. The summed E-state index contributed by atoms with van der Waals surface area (Å²) in [6.07, 6.45) is 1.61. The predicted molar refractivity (Wildman–Crippen MR) is 108 cm³/mol. The maximum Gasteiger partial charge on any atom is 0.234 e. The van der Waals surface area contributed by atoms with Gasteiger partial charge in [-0.15, -0.1) is 0 Å². The van der Waals surface area contributed by atoms with Crippen LogP contribution in [0, 0.1) is 0 Å². The first kappa shape index (κ1) is 21.0. The molecule has 0 aliphatic carbocycles. The van der Waals surface area contributed by atoms with Crippen LogP contribution in [0.4, 0.5) is 0 Å². The average Bonchev–Trinajstić information content (AvgIpc) is 3.27. The van der Waals surface area contributed by atoms with Crippen molar-refractivity contribution in [3.8, 4) is 17.2 Å². The van der Waals surface area contributed by atoms with Crippen molar-refractivity contribution < 1.29 is 23.4 Å². The summed E-state index contributed by atoms with van der Waals surface area (Å²) >= 11 is 0. The summed E-state index contributed by atoms with van der Waals surface area (Å²) in [7, 11) is 4.86. The summed E-state index contributed by atoms with van der Waals surface area (Å²) in [5.74, 6) is 2.73. The van der Waals surface area contributed by atoms with Gasteiger partial charge in [0.2, 0.25) is 11.7 Å². The first-order chi connectivity index (χ1) is 14.1. The molecule has 0 radical (unpaired) electrons. The van der Waals surface area contributed by atoms with Crippen LogP contribution in [0.5, 0.6) is 17.2 Å². The zero-order valence-corrected chi connectivity index (χ0v) is 17.3. The third kappa shape index (κ3) is 5.42. The molecule has 8 nitrogen and oxygen atoms in total. The Morgan fingerprint density at radius 1 is 1.00 bits per heavy atom. The van der Waals surface area contributed by atoms with Crippen molar-refractivity contribution in [3.63, 3.8) is 0 Å². The van der Waals surface area contributed by atoms with Crippen molar-refractivity contribution in [1.82, 2.24) is 15.1 Å². The van der Waals surface area contributed by atoms with Gasteiger partial charge in [-0.2, -0.15) is 0 Å². The van der Waals surface area contributed by atoms with E-state index in [4.69, 9.17) is 18.6 Å². The second-order valence-electron chi connectivity index (χ2n) is 6.90. The number of carbonyl (C=O) groups excluding carboxylic acids is 1. The summed E-state index contributed by atoms with van der Waals surface area (Å²) in [6, 6.07) is 7.57. The monoisotopic (exact) mass is 403 g/mol. The summed E-state index contributed by atoms with van der Waals surface area (Å²) in [5, 5.41) is 2.89. The van der Waals surface area contributed by atoms with Crippen LogP contribution < -0.4 is 19.5 Å². The molecule has 1 aromatic carbocycles. The molecule has 2 aromatic rings. The van der Waals surface area contributed by atoms with Gasteiger partial charge in [-0.25, -0.2) is 0 Å². The van der Waals surface area contributed by atoms with Gasteiger partial charge < -0.3 is 23.9 Å². The van der Waals surface area contributed by atoms with E-state index in [-0.39, 0.29) is 5.91 Å². The molecule has 1 saturated heterocycles. The van der Waals surface area contributed by atoms with Crippen LogP contribution in [0.25, 0.3) is 0 Å². The molecule has 0 atom stereocenters. The SMILES string of the molecule is COc1ccc(CN2CCN(CC(=O)NCc3ccco3)CC2)c(OC)c1OC. The summed E-state index contributed by atoms with van der Waals surface area (Å²) in [4.78, 5) is 16.7. The zero-order valence-electron chi connectivity index (χ0n) is 17.3. The van der Waals surface area contributed by atoms with Crippen molar-refractivity contribution >= 4 is 5.91 Å². The van der Waals surface area contributed by atoms with Gasteiger partial charge in [0.15, 0.2) is 11.5 Å². The second kappa shape index (κ2) is 10.2. The van der Waals surface area contributed by atoms with Gasteiger partial charge in [-0.05, 0) is 18.2 Å². The number of furan rings is 1. The van der Waals surface area contributed by atoms with E-state index in [1.165, 1.54) is 0 Å². The van der Waals surface area contributed by atoms with Crippen LogP contribution in [-0.4, -0.2) is 69.8 Å². The minimum absolute atomic E-state index is 0.0106. The minimum Gasteiger partial charge on any atom is -0.493 e. The smallest absolute Gasteiger partial charge is 0.234 e. The van der Waals surface area contributed by atoms with Gasteiger partial charge in [-0.3, -0.25) is 14.6 Å². The van der Waals surface area contributed by atoms with E-state index in [9.17, 15) is 4.79 Å². The summed E-state index contributed by atoms with van der Waals surface area (Å²) in [6.45, 7) is 5.00. The highest BCUT2D eigenvalue weighted by Gasteiger charge is 2.22. The highest BCUT2D eigenvalue weighted by Crippen LogP contribution is 2.40. The third-order valence-corrected chi connectivity index (χ3v) is 5.05. The van der Waals surface area contributed by atoms with E-state index < -0.39 is 0 Å². The lowest BCUT2D eigenvalue weighted by Gasteiger charge is -2.34. The quantitative estimate of drug-likeness (QED) is 0.683. The van der Waals surface area contributed by atoms with E-state index in [1.54, 1.807) is 27.6 Å². The molecule has 0 bridgehead atoms. The Labute approximate surface area is 171 Å². The molecule has 8 heteroatoms. The Balaban J connectivity index is 1.49. The normalized spacial score (nSPS) is 15.1. The number of carbonyl (C=O) groups is 1. The Kier molecular flexibility index (Phi) is 7.37. The first-order valence-electron chi connectivity index (χ1n) is 9.66. The molecule has 158 valence electrons. The van der Waals surface area contributed by atoms with Crippen molar-refractivity contribution in [2.45, 2.75) is 13.1 Å². The number of piperazine rings is 1. The number of hydrogen-bond donors (Lipinski definition) is 1. The van der Waals surface area contributed by atoms with Crippen LogP contribution in [0.2, 0.25) is 0 Å². The van der Waals surface area contributed by atoms with Crippen LogP contribution in [-0.2, 0) is 17.9 Å². The van der Waals surface area contributed by atoms with Crippen LogP contribution in [0.1, 0.15) is 11.3 Å². The highest BCUT2D eigenvalue weighted by molar-refractivity contribution is 5.77. The Morgan fingerprint density at radius 2 is 1.72 bits per heavy atom. The molecule has 1 fully saturated rings. The highest BCUT2D eigenvalue weighted by atomic mass is 16.5. The summed E-state index contributed by atoms with van der Waals surface area (Å²) in [5.41, 5.74) is 1.05. The van der Waals surface area contributed by atoms with Crippen molar-refractivity contribution in [3.05, 3.63) is 41.9 Å². The first-order valence-corrected chi connectivity index (χ1v) is 9.66. The van der Waals surface area contributed by atoms with Crippen LogP contribution in [0.15, 0.2) is 34.9 Å². The molecule has 1 aliphatic heterocycles. The Morgan fingerprint density at radius 3 is 2.34 bits per heavy atom. The molecule has 0 spiro atoms. The van der Waals surface area contributed by atoms with E-state index in [0.717, 1.165) is 44.0 Å². The molecule has 1 N–H and O–H groups in total. The standard InChI is InChI=1S/C21H29N3O5/c1-26-18-7-6-16(20(27-2)21(18)28-3)14-23-8-10-24(11-9-23)15-19(25)22-13-17-5-4-12-29-17/h4-7,12H,8-11,13-15H2,1-3H3,(H,22,25). The summed E-state index contributed by atoms with van der Waals surface area (Å²) < 4.78 is 21.6. The van der Waals surface area contributed by atoms with Gasteiger partial charge >= 0.3 is 0 Å². The lowest BCUT2D eigenvalue weighted by molar-refractivity contribution is -0.122. The fraction of sp³-hybridized carbons (Fsp3) is 0.476. The lowest BCUT2D eigenvalue weighted by Crippen LogP contribution is -2.49. The molecule has 29 heavy (non-hydrogen) atoms. The molecule has 0 unspecified atom stereocenters. The molecule has 3 rings (SSSR count). The van der Waals surface area contributed by atoms with Crippen LogP contribution >= 0.6 is 0 Å². The van der Waals surface area contributed by atoms with Gasteiger partial charge in [0.1, 0.15) is 5.76 Å². The fourth-order valence-electron chi connectivity index (χ4n) is 3.49. The molecule has 1 aromatic heterocycles. The second-order valence-corrected chi connectivity index (χ2v) is 6.90. The predicted octanol–water partition coefficient (Wildman–Crippen LogP) is 1.74. The average molecular weight is 403 g/mol. The number of rotatable bonds is 9. The number of benzene rings is 1. The maximum absolute atomic E-state index is 12.1. The largest absolute Gasteiger partial charge is 0.493 e. The Bertz CT molecular complexity index is 786. The van der Waals surface area contributed by atoms with Crippen LogP contribution in [0.3, 0.4) is 0 Å². The molecule has 0 saturated carbocycles. The van der Waals surface area contributed by atoms with Gasteiger partial charge in [0.25, 0.3) is 0 Å². The van der Waals surface area contributed by atoms with Crippen molar-refractivity contribution in [2.24, 2.45) is 0 Å². The van der Waals surface area contributed by atoms with Gasteiger partial charge in [0.05, 0.1) is 40.7 Å². The van der Waals surface area contributed by atoms with E-state index in [1.807, 2.05) is 24.3 Å². The number of hydrogen-bond acceptors (Lipinski definition) is 7. The van der Waals surface area contributed by atoms with Crippen molar-refractivity contribution in [1.29, 1.82) is 0 Å². The van der Waals surface area contributed by atoms with E-state index >= 15 is 0 Å². The molecular weight excluding hydrogens is 374 g/mol. The third-order valence-electron chi connectivity index (χ3n) is 5.05. The van der Waals surface area contributed by atoms with Gasteiger partial charge in [0, 0.05) is 38.3 Å². The molecule has 1 aliphatic rings. The number of methoxy groups -OCH3 is 3. The van der Waals surface area contributed by atoms with E-state index in [2.05, 4.69) is 15.1 Å². The number of ether oxygens (including phenoxy) is 3. The van der Waals surface area contributed by atoms with Gasteiger partial charge in [-0.1, -0.05) is 6.07 Å². The molecular formula is C21H29N3O5. The Hall–Kier alpha value is -2.71. The topological polar surface area (TPSA) is 76.4 Å². The lowest BCUT2D eigenvalue weighted by atomic mass is 10.1. The number of nitrogens with zero attached hydrogens (tertiary/aromatic N) is 2. The van der Waals surface area contributed by atoms with Crippen molar-refractivity contribution in [2.75, 3.05) is 54.1 Å². The molecule has 2 heterocycles. The minimum atomic E-state index is 0.0106. The molecule has 1 amide bonds.